The topological polar surface area (TPSA) is 49.8 Å². The molecule has 4 nitrogen and oxygen atoms in total. The van der Waals surface area contributed by atoms with Gasteiger partial charge in [0.15, 0.2) is 0 Å². The van der Waals surface area contributed by atoms with Gasteiger partial charge in [-0.2, -0.15) is 0 Å². The lowest BCUT2D eigenvalue weighted by Crippen LogP contribution is -2.49. The molecule has 0 radical (unpaired) electrons. The molecule has 17 heavy (non-hydrogen) atoms. The number of carbonyl (C=O) groups excluding carboxylic acids is 1. The highest BCUT2D eigenvalue weighted by molar-refractivity contribution is 5.73. The van der Waals surface area contributed by atoms with Crippen molar-refractivity contribution >= 4 is 5.97 Å². The molecule has 0 aliphatic carbocycles. The van der Waals surface area contributed by atoms with Crippen LogP contribution in [-0.4, -0.2) is 47.8 Å². The fourth-order valence-corrected chi connectivity index (χ4v) is 3.08. The fourth-order valence-electron chi connectivity index (χ4n) is 3.08. The summed E-state index contributed by atoms with van der Waals surface area (Å²) in [7, 11) is 0. The number of carbonyl (C=O) groups is 1. The Hall–Kier alpha value is -0.610. The number of hydrogen-bond acceptors (Lipinski definition) is 4. The summed E-state index contributed by atoms with van der Waals surface area (Å²) in [6.45, 7) is 4.33. The molecule has 0 aromatic carbocycles. The van der Waals surface area contributed by atoms with Gasteiger partial charge in [-0.15, -0.1) is 0 Å². The summed E-state index contributed by atoms with van der Waals surface area (Å²) < 4.78 is 5.18. The third kappa shape index (κ3) is 3.19. The molecular weight excluding hydrogens is 218 g/mol. The van der Waals surface area contributed by atoms with Crippen LogP contribution in [0.2, 0.25) is 0 Å². The highest BCUT2D eigenvalue weighted by Gasteiger charge is 2.33. The van der Waals surface area contributed by atoms with Crippen molar-refractivity contribution in [2.75, 3.05) is 19.7 Å². The van der Waals surface area contributed by atoms with Crippen LogP contribution in [0.5, 0.6) is 0 Å². The third-order valence-electron chi connectivity index (χ3n) is 4.01. The minimum absolute atomic E-state index is 0.465. The second-order valence-electron chi connectivity index (χ2n) is 5.31. The van der Waals surface area contributed by atoms with Crippen molar-refractivity contribution in [3.63, 3.8) is 0 Å². The van der Waals surface area contributed by atoms with E-state index in [-0.39, 0.29) is 0 Å². The molecule has 98 valence electrons. The Morgan fingerprint density at radius 1 is 1.35 bits per heavy atom. The zero-order valence-corrected chi connectivity index (χ0v) is 10.6. The molecule has 3 atom stereocenters. The molecule has 1 N–H and O–H groups in total. The molecule has 2 rings (SSSR count). The van der Waals surface area contributed by atoms with Gasteiger partial charge in [-0.25, -0.2) is 4.79 Å². The van der Waals surface area contributed by atoms with E-state index in [0.29, 0.717) is 18.6 Å². The van der Waals surface area contributed by atoms with Gasteiger partial charge < -0.3 is 9.84 Å². The van der Waals surface area contributed by atoms with Crippen molar-refractivity contribution in [3.8, 4) is 0 Å². The van der Waals surface area contributed by atoms with Crippen LogP contribution in [0.15, 0.2) is 0 Å². The van der Waals surface area contributed by atoms with Gasteiger partial charge in [0, 0.05) is 12.0 Å². The summed E-state index contributed by atoms with van der Waals surface area (Å²) in [6, 6.07) is 0.597. The third-order valence-corrected chi connectivity index (χ3v) is 4.01. The second kappa shape index (κ2) is 5.83. The van der Waals surface area contributed by atoms with Crippen LogP contribution < -0.4 is 0 Å². The number of hydrogen-bond donors (Lipinski definition) is 1. The normalized spacial score (nSPS) is 31.6. The first-order valence-corrected chi connectivity index (χ1v) is 6.77. The largest absolute Gasteiger partial charge is 0.463 e. The van der Waals surface area contributed by atoms with Gasteiger partial charge in [0.1, 0.15) is 6.10 Å². The number of piperidine rings is 2. The SMILES string of the molecule is C[C@H](O)C(=O)OC[C@H]1CCCN2CCCC[C@@H]12. The number of rotatable bonds is 3. The maximum Gasteiger partial charge on any atom is 0.334 e. The standard InChI is InChI=1S/C13H23NO3/c1-10(15)13(16)17-9-11-5-4-8-14-7-3-2-6-12(11)14/h10-12,15H,2-9H2,1H3/t10-,11+,12-/m0/s1. The minimum atomic E-state index is -0.999. The Kier molecular flexibility index (Phi) is 4.40. The van der Waals surface area contributed by atoms with Crippen LogP contribution >= 0.6 is 0 Å². The first-order chi connectivity index (χ1) is 8.18. The molecule has 0 spiro atoms. The summed E-state index contributed by atoms with van der Waals surface area (Å²) in [5, 5.41) is 9.10. The summed E-state index contributed by atoms with van der Waals surface area (Å²) in [4.78, 5) is 13.8. The molecule has 2 fully saturated rings. The molecule has 0 unspecified atom stereocenters. The number of aliphatic hydroxyl groups is 1. The first-order valence-electron chi connectivity index (χ1n) is 6.77. The average molecular weight is 241 g/mol. The smallest absolute Gasteiger partial charge is 0.334 e. The van der Waals surface area contributed by atoms with E-state index in [4.69, 9.17) is 9.84 Å². The molecule has 0 amide bonds. The van der Waals surface area contributed by atoms with Gasteiger partial charge in [-0.05, 0) is 45.7 Å². The highest BCUT2D eigenvalue weighted by Crippen LogP contribution is 2.30. The Balaban J connectivity index is 1.84. The van der Waals surface area contributed by atoms with Crippen molar-refractivity contribution in [2.24, 2.45) is 5.92 Å². The van der Waals surface area contributed by atoms with Crippen molar-refractivity contribution in [1.29, 1.82) is 0 Å². The van der Waals surface area contributed by atoms with E-state index < -0.39 is 12.1 Å². The minimum Gasteiger partial charge on any atom is -0.463 e. The zero-order chi connectivity index (χ0) is 12.3. The van der Waals surface area contributed by atoms with E-state index in [1.54, 1.807) is 0 Å². The van der Waals surface area contributed by atoms with Crippen molar-refractivity contribution in [2.45, 2.75) is 51.2 Å². The predicted molar refractivity (Wildman–Crippen MR) is 64.6 cm³/mol. The van der Waals surface area contributed by atoms with E-state index in [9.17, 15) is 4.79 Å². The van der Waals surface area contributed by atoms with Crippen LogP contribution in [0, 0.1) is 5.92 Å². The highest BCUT2D eigenvalue weighted by atomic mass is 16.5. The Bertz CT molecular complexity index is 265. The Morgan fingerprint density at radius 2 is 2.12 bits per heavy atom. The lowest BCUT2D eigenvalue weighted by molar-refractivity contribution is -0.155. The first kappa shape index (κ1) is 12.8. The molecular formula is C13H23NO3. The zero-order valence-electron chi connectivity index (χ0n) is 10.6. The molecule has 0 aromatic heterocycles. The lowest BCUT2D eigenvalue weighted by Gasteiger charge is -2.44. The quantitative estimate of drug-likeness (QED) is 0.754. The van der Waals surface area contributed by atoms with Gasteiger partial charge in [0.2, 0.25) is 0 Å². The van der Waals surface area contributed by atoms with Crippen molar-refractivity contribution in [3.05, 3.63) is 0 Å². The summed E-state index contributed by atoms with van der Waals surface area (Å²) in [6.07, 6.45) is 5.18. The van der Waals surface area contributed by atoms with E-state index in [2.05, 4.69) is 4.90 Å². The fraction of sp³-hybridized carbons (Fsp3) is 0.923. The predicted octanol–water partition coefficient (Wildman–Crippen LogP) is 1.17. The molecule has 0 aromatic rings. The van der Waals surface area contributed by atoms with Crippen molar-refractivity contribution < 1.29 is 14.6 Å². The van der Waals surface area contributed by atoms with Crippen LogP contribution in [0.25, 0.3) is 0 Å². The Morgan fingerprint density at radius 3 is 2.88 bits per heavy atom. The average Bonchev–Trinajstić information content (AvgIpc) is 2.35. The molecule has 0 bridgehead atoms. The molecule has 2 aliphatic heterocycles. The molecule has 2 saturated heterocycles. The van der Waals surface area contributed by atoms with Crippen molar-refractivity contribution in [1.82, 2.24) is 4.90 Å². The van der Waals surface area contributed by atoms with Gasteiger partial charge in [0.25, 0.3) is 0 Å². The van der Waals surface area contributed by atoms with Gasteiger partial charge in [-0.1, -0.05) is 6.42 Å². The summed E-state index contributed by atoms with van der Waals surface area (Å²) in [5.74, 6) is -0.0234. The lowest BCUT2D eigenvalue weighted by atomic mass is 9.84. The summed E-state index contributed by atoms with van der Waals surface area (Å²) >= 11 is 0. The van der Waals surface area contributed by atoms with Gasteiger partial charge in [0.05, 0.1) is 6.61 Å². The number of aliphatic hydroxyl groups excluding tert-OH is 1. The van der Waals surface area contributed by atoms with E-state index in [1.165, 1.54) is 45.7 Å². The molecule has 2 aliphatic rings. The Labute approximate surface area is 103 Å². The van der Waals surface area contributed by atoms with Gasteiger partial charge >= 0.3 is 5.97 Å². The monoisotopic (exact) mass is 241 g/mol. The second-order valence-corrected chi connectivity index (χ2v) is 5.31. The maximum absolute atomic E-state index is 11.3. The van der Waals surface area contributed by atoms with Crippen LogP contribution in [0.1, 0.15) is 39.0 Å². The maximum atomic E-state index is 11.3. The van der Waals surface area contributed by atoms with Crippen LogP contribution in [0.3, 0.4) is 0 Å². The van der Waals surface area contributed by atoms with E-state index in [0.717, 1.165) is 6.42 Å². The number of nitrogens with zero attached hydrogens (tertiary/aromatic N) is 1. The van der Waals surface area contributed by atoms with E-state index >= 15 is 0 Å². The van der Waals surface area contributed by atoms with Gasteiger partial charge in [-0.3, -0.25) is 4.90 Å². The molecule has 4 heteroatoms. The number of fused-ring (bicyclic) bond motifs is 1. The summed E-state index contributed by atoms with van der Waals surface area (Å²) in [5.41, 5.74) is 0. The number of ether oxygens (including phenoxy) is 1. The molecule has 0 saturated carbocycles. The molecule has 2 heterocycles. The number of esters is 1. The van der Waals surface area contributed by atoms with E-state index in [1.807, 2.05) is 0 Å². The van der Waals surface area contributed by atoms with Crippen LogP contribution in [-0.2, 0) is 9.53 Å². The van der Waals surface area contributed by atoms with Crippen LogP contribution in [0.4, 0.5) is 0 Å².